The van der Waals surface area contributed by atoms with Gasteiger partial charge in [-0.3, -0.25) is 28.8 Å². The number of aromatic nitrogens is 2. The summed E-state index contributed by atoms with van der Waals surface area (Å²) in [4.78, 5) is 89.9. The highest BCUT2D eigenvalue weighted by Crippen LogP contribution is 2.51. The first-order chi connectivity index (χ1) is 67.5. The first kappa shape index (κ1) is 114. The largest absolute Gasteiger partial charge is 0.851 e. The highest BCUT2D eigenvalue weighted by molar-refractivity contribution is 6.69. The SMILES string of the molecule is CCCCN(CCCC)c1ccc(C)c(O)c1.CCCCN(CCCC)c1ccc(C2C([O-])C(C)C2[O-])c(O)c1.CCCCN(CCCC)c1ccc(C2C([O-])C(c3ccc(N(CCCC)CCCC)cc3O)C2[O-])c(O)c1.NCc1ccc(CN)cc1.O=C(Cl)c1cccc(C(=O)Cl)c1.O=C1NCc2ccc(cc2)CNC(=O)c2cccc(n2)C(=O)NCC2CCC(CC2)CNC(=O)c2cccc1n2. The van der Waals surface area contributed by atoms with E-state index in [1.54, 1.807) is 85.8 Å². The van der Waals surface area contributed by atoms with Crippen LogP contribution in [-0.4, -0.2) is 154 Å². The van der Waals surface area contributed by atoms with Crippen LogP contribution in [0.3, 0.4) is 0 Å². The molecule has 28 heteroatoms. The number of halogens is 2. The van der Waals surface area contributed by atoms with Gasteiger partial charge in [-0.1, -0.05) is 223 Å². The molecule has 6 heterocycles. The second-order valence-corrected chi connectivity index (χ2v) is 37.6. The molecule has 8 bridgehead atoms. The summed E-state index contributed by atoms with van der Waals surface area (Å²) in [5.41, 5.74) is 22.5. The quantitative estimate of drug-likeness (QED) is 0.0165. The molecular formula is C112H150Cl2N12O14-4. The maximum Gasteiger partial charge on any atom is 0.270 e. The second kappa shape index (κ2) is 60.2. The lowest BCUT2D eigenvalue weighted by Gasteiger charge is -2.61. The topological polar surface area (TPSA) is 414 Å². The van der Waals surface area contributed by atoms with Gasteiger partial charge in [-0.15, -0.1) is 24.4 Å². The van der Waals surface area contributed by atoms with Gasteiger partial charge in [-0.05, 0) is 236 Å². The lowest BCUT2D eigenvalue weighted by atomic mass is 9.63. The predicted octanol–water partition coefficient (Wildman–Crippen LogP) is 17.0. The molecule has 3 aliphatic carbocycles. The Kier molecular flexibility index (Phi) is 49.0. The standard InChI is InChI=1S/C32H48N2O4.C30H32N6O4.C19H29NO3.C15H25NO.C8H4Cl2O2.C8H12N2/c1-5-9-17-33(18-10-6-2)23-13-15-25(27(35)21-23)29-31(37)30(32(29)38)26-16-14-24(22-28(26)36)34(19-11-7-3)20-12-8-4;37-27-23-3-1-4-24(35-23)28(38)32-16-20-9-13-22(14-10-20)18-34-30(40)26-6-2-5-25(36-26)29(39)33-17-21-11-7-19(8-12-21)15-31-27;1-4-6-10-20(11-7-5-2)14-8-9-15(16(21)12-14)17-18(22)13(3)19(17)23;1-4-6-10-16(11-7-5-2)14-9-8-13(3)15(17)12-14;9-7(11)5-2-1-3-6(4-5)8(10)12;9-5-7-1-2-8(6-10)4-3-7/h13-16,21-22,29-32,35-36H,5-12,17-20H2,1-4H3;1-8,11-12,20,22H,9-10,13-18H2,(H,31,37)(H,32,38)(H,33,39)(H,34,40);8-9,12-13,17-19,21H,4-7,10-11H2,1-3H3;8-9,12,17H,4-7,10-11H2,1-3H3;1-4H;1-4H,5-6,9-10H2/q-2;;-2;;;. The number of amides is 4. The number of hydrogen-bond donors (Lipinski definition) is 10. The lowest BCUT2D eigenvalue weighted by molar-refractivity contribution is -0.547. The number of pyridine rings is 2. The fraction of sp³-hybridized carbons (Fsp3) is 0.482. The number of anilines is 4. The Labute approximate surface area is 839 Å². The number of nitrogens with one attached hydrogen (secondary N) is 4. The van der Waals surface area contributed by atoms with Crippen molar-refractivity contribution in [1.29, 1.82) is 0 Å². The molecule has 2 aromatic heterocycles. The van der Waals surface area contributed by atoms with E-state index in [1.807, 2.05) is 85.8 Å². The zero-order chi connectivity index (χ0) is 102. The molecule has 26 nitrogen and oxygen atoms in total. The molecule has 140 heavy (non-hydrogen) atoms. The van der Waals surface area contributed by atoms with E-state index in [0.29, 0.717) is 60.5 Å². The molecule has 4 amide bonds. The molecule has 16 rings (SSSR count). The monoisotopic (exact) mass is 1960 g/mol. The Morgan fingerprint density at radius 3 is 0.893 bits per heavy atom. The second-order valence-electron chi connectivity index (χ2n) is 36.9. The van der Waals surface area contributed by atoms with Crippen LogP contribution < -0.4 is 72.8 Å². The third-order valence-corrected chi connectivity index (χ3v) is 26.9. The summed E-state index contributed by atoms with van der Waals surface area (Å²) in [5.74, 6) is -2.72. The minimum Gasteiger partial charge on any atom is -0.851 e. The summed E-state index contributed by atoms with van der Waals surface area (Å²) in [6.07, 6.45) is 17.5. The van der Waals surface area contributed by atoms with Gasteiger partial charge in [-0.25, -0.2) is 9.97 Å². The molecule has 7 aromatic carbocycles. The molecule has 760 valence electrons. The third kappa shape index (κ3) is 34.6. The maximum atomic E-state index is 13.3. The molecule has 0 saturated heterocycles. The molecule has 3 fully saturated rings. The fourth-order valence-electron chi connectivity index (χ4n) is 17.3. The van der Waals surface area contributed by atoms with Crippen molar-refractivity contribution in [2.75, 3.05) is 85.0 Å². The number of carbonyl (C=O) groups is 6. The van der Waals surface area contributed by atoms with Gasteiger partial charge in [-0.2, -0.15) is 0 Å². The van der Waals surface area contributed by atoms with Gasteiger partial charge in [0.25, 0.3) is 34.1 Å². The van der Waals surface area contributed by atoms with Gasteiger partial charge < -0.3 is 93.2 Å². The Balaban J connectivity index is 0.000000220. The van der Waals surface area contributed by atoms with Gasteiger partial charge in [0.2, 0.25) is 0 Å². The van der Waals surface area contributed by atoms with Crippen molar-refractivity contribution >= 4 is 80.1 Å². The first-order valence-electron chi connectivity index (χ1n) is 50.5. The zero-order valence-electron chi connectivity index (χ0n) is 83.6. The van der Waals surface area contributed by atoms with E-state index >= 15 is 0 Å². The molecule has 7 aliphatic rings. The first-order valence-corrected chi connectivity index (χ1v) is 51.3. The number of rotatable bonds is 35. The van der Waals surface area contributed by atoms with E-state index < -0.39 is 52.7 Å². The Morgan fingerprint density at radius 1 is 0.364 bits per heavy atom. The van der Waals surface area contributed by atoms with Gasteiger partial charge in [0.05, 0.1) is 0 Å². The summed E-state index contributed by atoms with van der Waals surface area (Å²) >= 11 is 10.4. The zero-order valence-corrected chi connectivity index (χ0v) is 85.1. The smallest absolute Gasteiger partial charge is 0.270 e. The molecule has 9 aromatic rings. The number of aryl methyl sites for hydroxylation is 1. The van der Waals surface area contributed by atoms with E-state index in [-0.39, 0.29) is 93.8 Å². The molecule has 2 atom stereocenters. The number of phenols is 4. The van der Waals surface area contributed by atoms with Crippen LogP contribution in [0.15, 0.2) is 182 Å². The van der Waals surface area contributed by atoms with Crippen LogP contribution in [0, 0.1) is 24.7 Å². The number of nitrogens with zero attached hydrogens (tertiary/aromatic N) is 6. The summed E-state index contributed by atoms with van der Waals surface area (Å²) in [6.45, 7) is 31.6. The molecule has 4 aliphatic heterocycles. The highest BCUT2D eigenvalue weighted by Gasteiger charge is 2.41. The van der Waals surface area contributed by atoms with Crippen LogP contribution in [0.25, 0.3) is 0 Å². The molecule has 2 unspecified atom stereocenters. The van der Waals surface area contributed by atoms with Crippen molar-refractivity contribution in [3.05, 3.63) is 260 Å². The van der Waals surface area contributed by atoms with Crippen LogP contribution in [-0.2, 0) is 26.2 Å². The minimum atomic E-state index is -1.21. The van der Waals surface area contributed by atoms with Crippen molar-refractivity contribution in [2.24, 2.45) is 29.2 Å². The Morgan fingerprint density at radius 2 is 0.629 bits per heavy atom. The van der Waals surface area contributed by atoms with E-state index in [4.69, 9.17) is 34.7 Å². The van der Waals surface area contributed by atoms with E-state index in [0.717, 1.165) is 206 Å². The Hall–Kier alpha value is -11.2. The number of nitrogens with two attached hydrogens (primary N) is 2. The lowest BCUT2D eigenvalue weighted by Crippen LogP contribution is -2.64. The van der Waals surface area contributed by atoms with Gasteiger partial charge in [0, 0.05) is 150 Å². The number of carbonyl (C=O) groups excluding carboxylic acids is 6. The molecule has 0 spiro atoms. The van der Waals surface area contributed by atoms with Crippen LogP contribution in [0.5, 0.6) is 23.0 Å². The highest BCUT2D eigenvalue weighted by atomic mass is 35.5. The maximum absolute atomic E-state index is 13.3. The van der Waals surface area contributed by atoms with Crippen LogP contribution >= 0.6 is 23.2 Å². The van der Waals surface area contributed by atoms with Crippen molar-refractivity contribution in [2.45, 2.75) is 266 Å². The molecule has 12 N–H and O–H groups in total. The minimum absolute atomic E-state index is 0.0210. The van der Waals surface area contributed by atoms with E-state index in [1.165, 1.54) is 43.9 Å². The number of benzene rings is 7. The molecule has 3 saturated carbocycles. The molecule has 0 radical (unpaired) electrons. The number of aromatic hydroxyl groups is 4. The van der Waals surface area contributed by atoms with E-state index in [2.05, 4.69) is 112 Å². The van der Waals surface area contributed by atoms with Gasteiger partial charge >= 0.3 is 0 Å². The van der Waals surface area contributed by atoms with Crippen molar-refractivity contribution in [3.63, 3.8) is 0 Å². The third-order valence-electron chi connectivity index (χ3n) is 26.4. The number of hydrogen-bond acceptors (Lipinski definition) is 22. The van der Waals surface area contributed by atoms with Crippen molar-refractivity contribution < 1.29 is 69.6 Å². The van der Waals surface area contributed by atoms with Crippen molar-refractivity contribution in [1.82, 2.24) is 31.2 Å². The Bertz CT molecular complexity index is 5030. The summed E-state index contributed by atoms with van der Waals surface area (Å²) < 4.78 is 0. The average molecular weight is 1960 g/mol. The fourth-order valence-corrected chi connectivity index (χ4v) is 17.5. The van der Waals surface area contributed by atoms with Gasteiger partial charge in [0.15, 0.2) is 0 Å². The molecular weight excluding hydrogens is 1810 g/mol. The van der Waals surface area contributed by atoms with Crippen LogP contribution in [0.2, 0.25) is 0 Å². The number of phenolic OH excluding ortho intramolecular Hbond substituents is 4. The van der Waals surface area contributed by atoms with Gasteiger partial charge in [0.1, 0.15) is 45.8 Å². The van der Waals surface area contributed by atoms with E-state index in [9.17, 15) is 69.6 Å². The van der Waals surface area contributed by atoms with Crippen molar-refractivity contribution in [3.8, 4) is 23.0 Å². The predicted molar refractivity (Wildman–Crippen MR) is 554 cm³/mol. The average Bonchev–Trinajstić information content (AvgIpc) is 0.701. The number of unbranched alkanes of at least 4 members (excludes halogenated alkanes) is 8. The normalized spacial score (nSPS) is 18.8. The summed E-state index contributed by atoms with van der Waals surface area (Å²) in [7, 11) is 0. The summed E-state index contributed by atoms with van der Waals surface area (Å²) in [5, 5.41) is 103. The summed E-state index contributed by atoms with van der Waals surface area (Å²) in [6, 6.07) is 53.3. The van der Waals surface area contributed by atoms with Crippen LogP contribution in [0.4, 0.5) is 22.7 Å². The van der Waals surface area contributed by atoms with Crippen LogP contribution in [0.1, 0.15) is 316 Å².